The van der Waals surface area contributed by atoms with E-state index in [9.17, 15) is 4.79 Å². The monoisotopic (exact) mass is 505 g/mol. The van der Waals surface area contributed by atoms with Gasteiger partial charge in [0.1, 0.15) is 34.1 Å². The molecule has 0 N–H and O–H groups in total. The largest absolute Gasteiger partial charge is 0.488 e. The Labute approximate surface area is 222 Å². The van der Waals surface area contributed by atoms with Crippen molar-refractivity contribution >= 4 is 61.5 Å². The third-order valence-corrected chi connectivity index (χ3v) is 5.57. The Morgan fingerprint density at radius 2 is 1.15 bits per heavy atom. The number of halogens is 2. The Hall–Kier alpha value is -0.883. The van der Waals surface area contributed by atoms with E-state index in [-0.39, 0.29) is 33.0 Å². The van der Waals surface area contributed by atoms with Crippen molar-refractivity contribution < 1.29 is 19.0 Å². The first kappa shape index (κ1) is 30.1. The summed E-state index contributed by atoms with van der Waals surface area (Å²) in [7, 11) is -0.311. The van der Waals surface area contributed by atoms with Gasteiger partial charge in [-0.15, -0.1) is 0 Å². The Balaban J connectivity index is 0.00000544. The van der Waals surface area contributed by atoms with Crippen LogP contribution in [0.25, 0.3) is 0 Å². The molecule has 0 fully saturated rings. The van der Waals surface area contributed by atoms with Gasteiger partial charge in [0.2, 0.25) is 0 Å². The van der Waals surface area contributed by atoms with E-state index in [0.717, 1.165) is 0 Å². The van der Waals surface area contributed by atoms with Gasteiger partial charge in [0.05, 0.1) is 20.9 Å². The van der Waals surface area contributed by atoms with Crippen LogP contribution in [-0.2, 0) is 0 Å². The second-order valence-electron chi connectivity index (χ2n) is 10.5. The molecule has 1 unspecified atom stereocenters. The molecule has 0 aliphatic rings. The van der Waals surface area contributed by atoms with Crippen LogP contribution in [0.4, 0.5) is 0 Å². The fourth-order valence-corrected chi connectivity index (χ4v) is 4.65. The summed E-state index contributed by atoms with van der Waals surface area (Å²) in [6, 6.07) is 8.66. The quantitative estimate of drug-likeness (QED) is 0.305. The summed E-state index contributed by atoms with van der Waals surface area (Å²) in [5, 5.41) is 1.29. The van der Waals surface area contributed by atoms with Crippen LogP contribution in [0.1, 0.15) is 72.7 Å². The maximum absolute atomic E-state index is 13.3. The second kappa shape index (κ2) is 11.2. The Bertz CT molecular complexity index is 932. The van der Waals surface area contributed by atoms with Gasteiger partial charge in [-0.1, -0.05) is 29.3 Å². The van der Waals surface area contributed by atoms with Crippen LogP contribution in [0.15, 0.2) is 30.3 Å². The minimum atomic E-state index is -0.496. The molecule has 2 aromatic carbocycles. The fraction of sp³-hybridized carbons (Fsp3) is 0.480. The van der Waals surface area contributed by atoms with Crippen LogP contribution in [0.2, 0.25) is 10.0 Å². The van der Waals surface area contributed by atoms with Gasteiger partial charge in [0.25, 0.3) is 0 Å². The van der Waals surface area contributed by atoms with Gasteiger partial charge in [0.15, 0.2) is 5.52 Å². The van der Waals surface area contributed by atoms with Crippen LogP contribution < -0.4 is 19.5 Å². The Kier molecular flexibility index (Phi) is 10.3. The van der Waals surface area contributed by atoms with E-state index in [4.69, 9.17) is 37.4 Å². The minimum Gasteiger partial charge on any atom is -0.488 e. The third kappa shape index (κ3) is 9.71. The van der Waals surface area contributed by atoms with Gasteiger partial charge in [-0.05, 0) is 83.0 Å². The molecule has 0 saturated heterocycles. The first-order chi connectivity index (χ1) is 14.5. The number of rotatable bonds is 6. The van der Waals surface area contributed by atoms with E-state index in [2.05, 4.69) is 0 Å². The third-order valence-electron chi connectivity index (χ3n) is 3.72. The van der Waals surface area contributed by atoms with Gasteiger partial charge in [-0.25, -0.2) is 0 Å². The number of benzene rings is 2. The maximum Gasteiger partial charge on any atom is 0.188 e. The summed E-state index contributed by atoms with van der Waals surface area (Å²) >= 11 is 12.6. The fourth-order valence-electron chi connectivity index (χ4n) is 2.81. The molecule has 0 aliphatic heterocycles. The van der Waals surface area contributed by atoms with Gasteiger partial charge >= 0.3 is 0 Å². The summed E-state index contributed by atoms with van der Waals surface area (Å²) in [4.78, 5) is 13.3. The van der Waals surface area contributed by atoms with E-state index >= 15 is 0 Å². The molecule has 1 atom stereocenters. The number of hydrogen-bond acceptors (Lipinski definition) is 4. The van der Waals surface area contributed by atoms with Crippen molar-refractivity contribution in [1.29, 1.82) is 0 Å². The number of carbonyl (C=O) groups excluding carboxylic acids is 1. The van der Waals surface area contributed by atoms with Crippen molar-refractivity contribution in [2.45, 2.75) is 79.1 Å². The van der Waals surface area contributed by atoms with Crippen molar-refractivity contribution in [1.82, 2.24) is 0 Å². The van der Waals surface area contributed by atoms with E-state index in [1.54, 1.807) is 18.2 Å². The minimum absolute atomic E-state index is 0. The Morgan fingerprint density at radius 3 is 1.52 bits per heavy atom. The summed E-state index contributed by atoms with van der Waals surface area (Å²) < 4.78 is 18.6. The van der Waals surface area contributed by atoms with Crippen LogP contribution in [0, 0.1) is 0 Å². The molecule has 0 saturated carbocycles. The zero-order valence-electron chi connectivity index (χ0n) is 21.3. The molecule has 33 heavy (non-hydrogen) atoms. The van der Waals surface area contributed by atoms with Crippen molar-refractivity contribution in [2.24, 2.45) is 0 Å². The van der Waals surface area contributed by atoms with Crippen molar-refractivity contribution in [3.63, 3.8) is 0 Å². The molecule has 0 amide bonds. The van der Waals surface area contributed by atoms with E-state index < -0.39 is 16.8 Å². The standard InChI is InChI=1S/C25H33Cl2O4P.Li/c1-23(2,3)29-15-13-18(30-24(4,5)6)21(19(14-15)31-25(7,8)9)32-22(28)20-16(26)11-10-12-17(20)27;/h10-14,32H,1-9H3;. The van der Waals surface area contributed by atoms with Crippen LogP contribution >= 0.6 is 31.8 Å². The first-order valence-corrected chi connectivity index (χ1v) is 12.2. The molecule has 8 heteroatoms. The normalized spacial score (nSPS) is 12.5. The van der Waals surface area contributed by atoms with E-state index in [0.29, 0.717) is 38.2 Å². The van der Waals surface area contributed by atoms with Crippen LogP contribution in [0.3, 0.4) is 0 Å². The van der Waals surface area contributed by atoms with Crippen molar-refractivity contribution in [2.75, 3.05) is 0 Å². The summed E-state index contributed by atoms with van der Waals surface area (Å²) in [6.07, 6.45) is 0. The topological polar surface area (TPSA) is 44.8 Å². The predicted molar refractivity (Wildman–Crippen MR) is 142 cm³/mol. The SMILES string of the molecule is CC(C)(C)Oc1cc(OC(C)(C)C)c(PC(=O)c2c(Cl)cccc2Cl)c(OC(C)(C)C)c1.[Li]. The molecule has 0 bridgehead atoms. The molecule has 0 aromatic heterocycles. The summed E-state index contributed by atoms with van der Waals surface area (Å²) in [5.74, 6) is 1.68. The van der Waals surface area contributed by atoms with Gasteiger partial charge in [-0.2, -0.15) is 0 Å². The molecular weight excluding hydrogens is 473 g/mol. The predicted octanol–water partition coefficient (Wildman–Crippen LogP) is 7.29. The summed E-state index contributed by atoms with van der Waals surface area (Å²) in [6.45, 7) is 17.6. The van der Waals surface area contributed by atoms with Gasteiger partial charge < -0.3 is 14.2 Å². The molecule has 0 heterocycles. The molecule has 177 valence electrons. The summed E-state index contributed by atoms with van der Waals surface area (Å²) in [5.41, 5.74) is -1.30. The molecular formula is C25H33Cl2LiO4P. The molecule has 1 radical (unpaired) electrons. The van der Waals surface area contributed by atoms with E-state index in [1.165, 1.54) is 0 Å². The van der Waals surface area contributed by atoms with Gasteiger partial charge in [-0.3, -0.25) is 4.79 Å². The average molecular weight is 506 g/mol. The second-order valence-corrected chi connectivity index (χ2v) is 12.5. The van der Waals surface area contributed by atoms with Crippen molar-refractivity contribution in [3.8, 4) is 17.2 Å². The van der Waals surface area contributed by atoms with E-state index in [1.807, 2.05) is 74.4 Å². The van der Waals surface area contributed by atoms with Crippen LogP contribution in [-0.4, -0.2) is 41.2 Å². The van der Waals surface area contributed by atoms with Crippen LogP contribution in [0.5, 0.6) is 17.2 Å². The zero-order chi connectivity index (χ0) is 24.5. The molecule has 0 spiro atoms. The molecule has 0 aliphatic carbocycles. The molecule has 4 nitrogen and oxygen atoms in total. The van der Waals surface area contributed by atoms with Crippen molar-refractivity contribution in [3.05, 3.63) is 45.9 Å². The molecule has 2 aromatic rings. The first-order valence-electron chi connectivity index (χ1n) is 10.5. The maximum atomic E-state index is 13.3. The Morgan fingerprint density at radius 1 is 0.758 bits per heavy atom. The van der Waals surface area contributed by atoms with Gasteiger partial charge in [0, 0.05) is 31.0 Å². The average Bonchev–Trinajstić information content (AvgIpc) is 2.53. The number of carbonyl (C=O) groups is 1. The number of hydrogen-bond donors (Lipinski definition) is 0. The smallest absolute Gasteiger partial charge is 0.188 e. The molecule has 2 rings (SSSR count). The zero-order valence-corrected chi connectivity index (χ0v) is 23.8. The number of ether oxygens (including phenoxy) is 3.